The van der Waals surface area contributed by atoms with Crippen molar-refractivity contribution in [1.82, 2.24) is 4.68 Å². The number of anilines is 1. The molecule has 0 unspecified atom stereocenters. The van der Waals surface area contributed by atoms with Crippen molar-refractivity contribution >= 4 is 40.7 Å². The Labute approximate surface area is 131 Å². The highest BCUT2D eigenvalue weighted by Crippen LogP contribution is 2.24. The Kier molecular flexibility index (Phi) is 4.55. The van der Waals surface area contributed by atoms with Gasteiger partial charge in [-0.2, -0.15) is 0 Å². The molecule has 1 heterocycles. The van der Waals surface area contributed by atoms with E-state index in [2.05, 4.69) is 10.7 Å². The van der Waals surface area contributed by atoms with Gasteiger partial charge in [0.15, 0.2) is 0 Å². The Hall–Kier alpha value is -1.98. The van der Waals surface area contributed by atoms with E-state index in [1.807, 2.05) is 26.0 Å². The zero-order valence-electron chi connectivity index (χ0n) is 11.4. The lowest BCUT2D eigenvalue weighted by molar-refractivity contribution is -0.133. The average molecular weight is 326 g/mol. The third-order valence-corrected chi connectivity index (χ3v) is 3.61. The molecule has 2 N–H and O–H groups in total. The molecule has 0 saturated heterocycles. The molecule has 1 aromatic carbocycles. The van der Waals surface area contributed by atoms with Gasteiger partial charge >= 0.3 is 11.8 Å². The van der Waals surface area contributed by atoms with Gasteiger partial charge < -0.3 is 5.32 Å². The Morgan fingerprint density at radius 3 is 2.14 bits per heavy atom. The summed E-state index contributed by atoms with van der Waals surface area (Å²) in [4.78, 5) is 23.7. The largest absolute Gasteiger partial charge is 0.328 e. The predicted molar refractivity (Wildman–Crippen MR) is 83.4 cm³/mol. The number of halogens is 2. The summed E-state index contributed by atoms with van der Waals surface area (Å²) in [5, 5.41) is 3.12. The molecule has 2 rings (SSSR count). The van der Waals surface area contributed by atoms with Crippen LogP contribution in [0.1, 0.15) is 11.4 Å². The van der Waals surface area contributed by atoms with Crippen LogP contribution in [0.15, 0.2) is 30.3 Å². The van der Waals surface area contributed by atoms with Crippen LogP contribution in [0.3, 0.4) is 0 Å². The number of rotatable bonds is 2. The molecular weight excluding hydrogens is 313 g/mol. The van der Waals surface area contributed by atoms with Crippen LogP contribution >= 0.6 is 23.2 Å². The van der Waals surface area contributed by atoms with Crippen LogP contribution in [0.5, 0.6) is 0 Å². The van der Waals surface area contributed by atoms with Gasteiger partial charge in [0.05, 0.1) is 10.0 Å². The van der Waals surface area contributed by atoms with Crippen molar-refractivity contribution in [3.05, 3.63) is 51.8 Å². The molecule has 110 valence electrons. The molecule has 0 saturated carbocycles. The third kappa shape index (κ3) is 3.56. The lowest BCUT2D eigenvalue weighted by atomic mass is 10.3. The molecule has 0 spiro atoms. The topological polar surface area (TPSA) is 63.1 Å². The molecule has 0 bridgehead atoms. The van der Waals surface area contributed by atoms with Gasteiger partial charge in [0.2, 0.25) is 0 Å². The van der Waals surface area contributed by atoms with Gasteiger partial charge in [-0.05, 0) is 44.2 Å². The first-order valence-corrected chi connectivity index (χ1v) is 6.86. The number of aryl methyl sites for hydroxylation is 2. The normalized spacial score (nSPS) is 10.3. The predicted octanol–water partition coefficient (Wildman–Crippen LogP) is 3.12. The maximum atomic E-state index is 11.9. The SMILES string of the molecule is Cc1ccc(C)n1NC(=O)C(=O)Nc1ccc(Cl)c(Cl)c1. The van der Waals surface area contributed by atoms with Crippen molar-refractivity contribution in [2.24, 2.45) is 0 Å². The third-order valence-electron chi connectivity index (χ3n) is 2.87. The maximum Gasteiger partial charge on any atom is 0.328 e. The van der Waals surface area contributed by atoms with Gasteiger partial charge in [0, 0.05) is 17.1 Å². The average Bonchev–Trinajstić information content (AvgIpc) is 2.74. The van der Waals surface area contributed by atoms with Crippen molar-refractivity contribution in [2.75, 3.05) is 10.7 Å². The highest BCUT2D eigenvalue weighted by Gasteiger charge is 2.16. The van der Waals surface area contributed by atoms with E-state index in [0.29, 0.717) is 15.7 Å². The van der Waals surface area contributed by atoms with E-state index in [4.69, 9.17) is 23.2 Å². The van der Waals surface area contributed by atoms with Crippen LogP contribution in [0.4, 0.5) is 5.69 Å². The number of hydrogen-bond donors (Lipinski definition) is 2. The monoisotopic (exact) mass is 325 g/mol. The first-order valence-electron chi connectivity index (χ1n) is 6.11. The summed E-state index contributed by atoms with van der Waals surface area (Å²) in [6.07, 6.45) is 0. The van der Waals surface area contributed by atoms with E-state index < -0.39 is 11.8 Å². The van der Waals surface area contributed by atoms with Crippen molar-refractivity contribution in [1.29, 1.82) is 0 Å². The van der Waals surface area contributed by atoms with Crippen molar-refractivity contribution in [3.63, 3.8) is 0 Å². The van der Waals surface area contributed by atoms with Crippen LogP contribution in [0, 0.1) is 13.8 Å². The highest BCUT2D eigenvalue weighted by atomic mass is 35.5. The molecule has 0 radical (unpaired) electrons. The number of amides is 2. The number of aromatic nitrogens is 1. The number of nitrogens with one attached hydrogen (secondary N) is 2. The highest BCUT2D eigenvalue weighted by molar-refractivity contribution is 6.43. The minimum atomic E-state index is -0.791. The van der Waals surface area contributed by atoms with Gasteiger partial charge in [-0.1, -0.05) is 23.2 Å². The molecule has 0 aliphatic heterocycles. The summed E-state index contributed by atoms with van der Waals surface area (Å²) < 4.78 is 1.54. The fourth-order valence-electron chi connectivity index (χ4n) is 1.76. The Balaban J connectivity index is 2.06. The number of benzene rings is 1. The molecular formula is C14H13Cl2N3O2. The van der Waals surface area contributed by atoms with Crippen LogP contribution < -0.4 is 10.7 Å². The minimum Gasteiger partial charge on any atom is -0.318 e. The minimum absolute atomic E-state index is 0.298. The van der Waals surface area contributed by atoms with E-state index in [-0.39, 0.29) is 0 Å². The number of carbonyl (C=O) groups is 2. The van der Waals surface area contributed by atoms with Crippen molar-refractivity contribution in [2.45, 2.75) is 13.8 Å². The van der Waals surface area contributed by atoms with Gasteiger partial charge in [-0.25, -0.2) is 0 Å². The molecule has 0 aliphatic rings. The summed E-state index contributed by atoms with van der Waals surface area (Å²) in [5.74, 6) is -1.57. The molecule has 21 heavy (non-hydrogen) atoms. The van der Waals surface area contributed by atoms with E-state index in [9.17, 15) is 9.59 Å². The van der Waals surface area contributed by atoms with E-state index in [1.54, 1.807) is 6.07 Å². The molecule has 2 amide bonds. The number of nitrogens with zero attached hydrogens (tertiary/aromatic N) is 1. The Morgan fingerprint density at radius 2 is 1.57 bits per heavy atom. The van der Waals surface area contributed by atoms with E-state index in [0.717, 1.165) is 11.4 Å². The zero-order valence-corrected chi connectivity index (χ0v) is 12.9. The summed E-state index contributed by atoms with van der Waals surface area (Å²) in [6.45, 7) is 3.65. The second-order valence-corrected chi connectivity index (χ2v) is 5.29. The lowest BCUT2D eigenvalue weighted by Gasteiger charge is -2.11. The van der Waals surface area contributed by atoms with Crippen molar-refractivity contribution < 1.29 is 9.59 Å². The zero-order chi connectivity index (χ0) is 15.6. The molecule has 5 nitrogen and oxygen atoms in total. The number of carbonyl (C=O) groups excluding carboxylic acids is 2. The van der Waals surface area contributed by atoms with Crippen molar-refractivity contribution in [3.8, 4) is 0 Å². The van der Waals surface area contributed by atoms with Crippen LogP contribution in [-0.2, 0) is 9.59 Å². The second-order valence-electron chi connectivity index (χ2n) is 4.48. The van der Waals surface area contributed by atoms with Gasteiger partial charge in [0.1, 0.15) is 0 Å². The standard InChI is InChI=1S/C14H13Cl2N3O2/c1-8-3-4-9(2)19(8)18-14(21)13(20)17-10-5-6-11(15)12(16)7-10/h3-7H,1-2H3,(H,17,20)(H,18,21). The second kappa shape index (κ2) is 6.20. The summed E-state index contributed by atoms with van der Waals surface area (Å²) in [7, 11) is 0. The van der Waals surface area contributed by atoms with Crippen LogP contribution in [0.2, 0.25) is 10.0 Å². The molecule has 7 heteroatoms. The molecule has 0 aliphatic carbocycles. The Morgan fingerprint density at radius 1 is 0.952 bits per heavy atom. The first kappa shape index (κ1) is 15.4. The Bertz CT molecular complexity index is 691. The first-order chi connectivity index (χ1) is 9.88. The lowest BCUT2D eigenvalue weighted by Crippen LogP contribution is -2.35. The van der Waals surface area contributed by atoms with Crippen LogP contribution in [0.25, 0.3) is 0 Å². The van der Waals surface area contributed by atoms with E-state index >= 15 is 0 Å². The molecule has 2 aromatic rings. The smallest absolute Gasteiger partial charge is 0.318 e. The quantitative estimate of drug-likeness (QED) is 0.833. The van der Waals surface area contributed by atoms with Gasteiger partial charge in [-0.15, -0.1) is 0 Å². The van der Waals surface area contributed by atoms with Gasteiger partial charge in [0.25, 0.3) is 0 Å². The van der Waals surface area contributed by atoms with Crippen LogP contribution in [-0.4, -0.2) is 16.5 Å². The molecule has 0 atom stereocenters. The summed E-state index contributed by atoms with van der Waals surface area (Å²) in [6, 6.07) is 8.25. The maximum absolute atomic E-state index is 11.9. The fourth-order valence-corrected chi connectivity index (χ4v) is 2.06. The fraction of sp³-hybridized carbons (Fsp3) is 0.143. The molecule has 1 aromatic heterocycles. The van der Waals surface area contributed by atoms with E-state index in [1.165, 1.54) is 16.8 Å². The van der Waals surface area contributed by atoms with Gasteiger partial charge in [-0.3, -0.25) is 19.7 Å². The summed E-state index contributed by atoms with van der Waals surface area (Å²) >= 11 is 11.6. The molecule has 0 fully saturated rings. The number of hydrogen-bond acceptors (Lipinski definition) is 2. The summed E-state index contributed by atoms with van der Waals surface area (Å²) in [5.41, 5.74) is 4.55.